The van der Waals surface area contributed by atoms with Crippen molar-refractivity contribution in [3.8, 4) is 0 Å². The van der Waals surface area contributed by atoms with Crippen molar-refractivity contribution < 1.29 is 19.2 Å². The first-order valence-electron chi connectivity index (χ1n) is 15.1. The summed E-state index contributed by atoms with van der Waals surface area (Å²) in [5, 5.41) is 12.7. The Hall–Kier alpha value is -4.18. The number of amides is 4. The van der Waals surface area contributed by atoms with Crippen molar-refractivity contribution in [2.45, 2.75) is 76.0 Å². The summed E-state index contributed by atoms with van der Waals surface area (Å²) in [6.07, 6.45) is 7.97. The van der Waals surface area contributed by atoms with Gasteiger partial charge in [0, 0.05) is 50.1 Å². The average molecular weight is 589 g/mol. The van der Waals surface area contributed by atoms with E-state index >= 15 is 0 Å². The SMILES string of the molecule is C[C@H](NC(=O)CNC1CCCCC1)C(=O)N[C@H](Cc1c[nH]c2ccccc12)C(=O)N[C@@H](Cc1ccccc1)C(=O)N(C)C. The lowest BCUT2D eigenvalue weighted by molar-refractivity contribution is -0.136. The molecule has 0 saturated heterocycles. The van der Waals surface area contributed by atoms with Gasteiger partial charge in [0.05, 0.1) is 6.54 Å². The van der Waals surface area contributed by atoms with Gasteiger partial charge in [-0.25, -0.2) is 0 Å². The van der Waals surface area contributed by atoms with Crippen LogP contribution in [0.3, 0.4) is 0 Å². The van der Waals surface area contributed by atoms with Crippen molar-refractivity contribution in [3.05, 3.63) is 71.9 Å². The van der Waals surface area contributed by atoms with Gasteiger partial charge in [0.15, 0.2) is 0 Å². The quantitative estimate of drug-likeness (QED) is 0.209. The van der Waals surface area contributed by atoms with Crippen LogP contribution in [0.1, 0.15) is 50.2 Å². The van der Waals surface area contributed by atoms with Gasteiger partial charge in [-0.05, 0) is 37.0 Å². The van der Waals surface area contributed by atoms with Crippen LogP contribution in [0.2, 0.25) is 0 Å². The highest BCUT2D eigenvalue weighted by Gasteiger charge is 2.30. The summed E-state index contributed by atoms with van der Waals surface area (Å²) in [4.78, 5) is 57.4. The Morgan fingerprint density at radius 3 is 2.23 bits per heavy atom. The standard InChI is InChI=1S/C33H44N6O4/c1-22(36-30(40)21-34-25-14-8-5-9-15-25)31(41)37-28(19-24-20-35-27-17-11-10-16-26(24)27)32(42)38-29(33(43)39(2)3)18-23-12-6-4-7-13-23/h4,6-7,10-13,16-17,20,22,25,28-29,34-35H,5,8-9,14-15,18-19,21H2,1-3H3,(H,36,40)(H,37,41)(H,38,42)/t22-,28+,29-/m0/s1. The number of carbonyl (C=O) groups excluding carboxylic acids is 4. The van der Waals surface area contributed by atoms with Crippen molar-refractivity contribution in [1.82, 2.24) is 31.2 Å². The van der Waals surface area contributed by atoms with E-state index < -0.39 is 29.9 Å². The van der Waals surface area contributed by atoms with E-state index in [0.29, 0.717) is 12.5 Å². The monoisotopic (exact) mass is 588 g/mol. The highest BCUT2D eigenvalue weighted by atomic mass is 16.2. The zero-order chi connectivity index (χ0) is 30.8. The second kappa shape index (κ2) is 15.3. The fourth-order valence-corrected chi connectivity index (χ4v) is 5.56. The van der Waals surface area contributed by atoms with Gasteiger partial charge in [0.2, 0.25) is 23.6 Å². The molecule has 1 saturated carbocycles. The number of hydrogen-bond acceptors (Lipinski definition) is 5. The summed E-state index contributed by atoms with van der Waals surface area (Å²) in [5.41, 5.74) is 2.67. The minimum Gasteiger partial charge on any atom is -0.361 e. The Labute approximate surface area is 253 Å². The molecule has 230 valence electrons. The highest BCUT2D eigenvalue weighted by molar-refractivity contribution is 5.95. The topological polar surface area (TPSA) is 135 Å². The van der Waals surface area contributed by atoms with Crippen LogP contribution in [0, 0.1) is 0 Å². The number of nitrogens with zero attached hydrogens (tertiary/aromatic N) is 1. The van der Waals surface area contributed by atoms with Gasteiger partial charge >= 0.3 is 0 Å². The van der Waals surface area contributed by atoms with Gasteiger partial charge in [-0.1, -0.05) is 67.8 Å². The first kappa shape index (κ1) is 31.7. The molecule has 0 unspecified atom stereocenters. The number of aromatic amines is 1. The third kappa shape index (κ3) is 9.15. The third-order valence-corrected chi connectivity index (χ3v) is 8.00. The largest absolute Gasteiger partial charge is 0.361 e. The predicted octanol–water partition coefficient (Wildman–Crippen LogP) is 2.44. The second-order valence-electron chi connectivity index (χ2n) is 11.6. The molecular weight excluding hydrogens is 544 g/mol. The first-order valence-corrected chi connectivity index (χ1v) is 15.1. The maximum atomic E-state index is 13.8. The van der Waals surface area contributed by atoms with Gasteiger partial charge in [-0.15, -0.1) is 0 Å². The number of nitrogens with one attached hydrogen (secondary N) is 5. The molecule has 3 aromatic rings. The maximum absolute atomic E-state index is 13.8. The molecule has 1 fully saturated rings. The summed E-state index contributed by atoms with van der Waals surface area (Å²) in [6.45, 7) is 1.73. The Kier molecular flexibility index (Phi) is 11.3. The normalized spacial score (nSPS) is 15.7. The molecule has 4 amide bonds. The Balaban J connectivity index is 1.47. The van der Waals surface area contributed by atoms with Crippen molar-refractivity contribution in [3.63, 3.8) is 0 Å². The number of carbonyl (C=O) groups is 4. The molecule has 4 rings (SSSR count). The van der Waals surface area contributed by atoms with E-state index in [2.05, 4.69) is 26.3 Å². The number of para-hydroxylation sites is 1. The number of rotatable bonds is 13. The minimum atomic E-state index is -0.986. The Morgan fingerprint density at radius 1 is 0.837 bits per heavy atom. The summed E-state index contributed by atoms with van der Waals surface area (Å²) in [7, 11) is 3.29. The summed E-state index contributed by atoms with van der Waals surface area (Å²) >= 11 is 0. The smallest absolute Gasteiger partial charge is 0.244 e. The van der Waals surface area contributed by atoms with E-state index in [0.717, 1.165) is 47.7 Å². The maximum Gasteiger partial charge on any atom is 0.244 e. The number of hydrogen-bond donors (Lipinski definition) is 5. The third-order valence-electron chi connectivity index (χ3n) is 8.00. The van der Waals surface area contributed by atoms with Gasteiger partial charge in [0.25, 0.3) is 0 Å². The summed E-state index contributed by atoms with van der Waals surface area (Å²) in [5.74, 6) is -1.48. The molecule has 1 aromatic heterocycles. The molecule has 43 heavy (non-hydrogen) atoms. The fourth-order valence-electron chi connectivity index (χ4n) is 5.56. The molecule has 0 spiro atoms. The van der Waals surface area contributed by atoms with Gasteiger partial charge < -0.3 is 31.2 Å². The fraction of sp³-hybridized carbons (Fsp3) is 0.455. The van der Waals surface area contributed by atoms with E-state index in [1.165, 1.54) is 11.3 Å². The highest BCUT2D eigenvalue weighted by Crippen LogP contribution is 2.20. The number of fused-ring (bicyclic) bond motifs is 1. The molecule has 10 nitrogen and oxygen atoms in total. The lowest BCUT2D eigenvalue weighted by Crippen LogP contribution is -2.57. The molecule has 10 heteroatoms. The van der Waals surface area contributed by atoms with Crippen molar-refractivity contribution >= 4 is 34.5 Å². The Morgan fingerprint density at radius 2 is 1.51 bits per heavy atom. The van der Waals surface area contributed by atoms with Gasteiger partial charge in [0.1, 0.15) is 18.1 Å². The van der Waals surface area contributed by atoms with E-state index in [4.69, 9.17) is 0 Å². The van der Waals surface area contributed by atoms with Crippen LogP contribution in [0.4, 0.5) is 0 Å². The van der Waals surface area contributed by atoms with Crippen LogP contribution in [0.15, 0.2) is 60.8 Å². The molecule has 2 aromatic carbocycles. The van der Waals surface area contributed by atoms with Crippen molar-refractivity contribution in [1.29, 1.82) is 0 Å². The number of H-pyrrole nitrogens is 1. The van der Waals surface area contributed by atoms with Crippen LogP contribution in [-0.2, 0) is 32.0 Å². The summed E-state index contributed by atoms with van der Waals surface area (Å²) in [6, 6.07) is 14.8. The number of likely N-dealkylation sites (N-methyl/N-ethyl adjacent to an activating group) is 1. The zero-order valence-corrected chi connectivity index (χ0v) is 25.3. The van der Waals surface area contributed by atoms with E-state index in [9.17, 15) is 19.2 Å². The molecule has 1 aliphatic rings. The predicted molar refractivity (Wildman–Crippen MR) is 167 cm³/mol. The van der Waals surface area contributed by atoms with Crippen LogP contribution in [-0.4, -0.2) is 78.3 Å². The second-order valence-corrected chi connectivity index (χ2v) is 11.6. The van der Waals surface area contributed by atoms with Crippen LogP contribution in [0.5, 0.6) is 0 Å². The van der Waals surface area contributed by atoms with Crippen molar-refractivity contribution in [2.24, 2.45) is 0 Å². The molecule has 0 bridgehead atoms. The molecule has 0 radical (unpaired) electrons. The van der Waals surface area contributed by atoms with Crippen LogP contribution < -0.4 is 21.3 Å². The minimum absolute atomic E-state index is 0.134. The number of aromatic nitrogens is 1. The van der Waals surface area contributed by atoms with Crippen LogP contribution >= 0.6 is 0 Å². The van der Waals surface area contributed by atoms with Crippen LogP contribution in [0.25, 0.3) is 10.9 Å². The first-order chi connectivity index (χ1) is 20.7. The molecule has 0 aliphatic heterocycles. The lowest BCUT2D eigenvalue weighted by Gasteiger charge is -2.26. The van der Waals surface area contributed by atoms with E-state index in [-0.39, 0.29) is 24.8 Å². The van der Waals surface area contributed by atoms with E-state index in [1.807, 2.05) is 60.8 Å². The molecule has 5 N–H and O–H groups in total. The summed E-state index contributed by atoms with van der Waals surface area (Å²) < 4.78 is 0. The molecule has 1 aliphatic carbocycles. The van der Waals surface area contributed by atoms with Gasteiger partial charge in [-0.3, -0.25) is 19.2 Å². The number of benzene rings is 2. The van der Waals surface area contributed by atoms with E-state index in [1.54, 1.807) is 21.0 Å². The molecular formula is C33H44N6O4. The van der Waals surface area contributed by atoms with Gasteiger partial charge in [-0.2, -0.15) is 0 Å². The lowest BCUT2D eigenvalue weighted by atomic mass is 9.95. The molecule has 3 atom stereocenters. The molecule has 1 heterocycles. The van der Waals surface area contributed by atoms with Crippen molar-refractivity contribution in [2.75, 3.05) is 20.6 Å². The average Bonchev–Trinajstić information content (AvgIpc) is 3.42. The Bertz CT molecular complexity index is 1380. The zero-order valence-electron chi connectivity index (χ0n) is 25.3.